The number of carbonyl (C=O) groups excluding carboxylic acids is 3. The number of hydrogen-bond donors (Lipinski definition) is 3. The number of amides is 3. The number of nitrogens with two attached hydrogens (primary N) is 1. The van der Waals surface area contributed by atoms with Crippen LogP contribution in [0.1, 0.15) is 82.1 Å². The standard InChI is InChI=1S/C28H43N3O4.C9H12N2O2.C2H6/c1-20-4-8-30(9-5-20)26(32)19-24(18-23-16-21(2)27(33)22(3)17-23)28(34)31-12-10-29(11-13-31)25-6-14-35-15-7-25;1-2-7-5-8(13-10)3-4-9(7)11-6-12;1-2/h16-17,20,24-25,33H,4-15,18-19H2,1-3H3;3-6H,2,10H2,1H3,(H,11,12);1-2H3/t24-;;/m0../s1. The lowest BCUT2D eigenvalue weighted by atomic mass is 9.91. The summed E-state index contributed by atoms with van der Waals surface area (Å²) in [6.45, 7) is 18.5. The number of aryl methyl sites for hydroxylation is 3. The fraction of sp³-hybridized carbons (Fsp3) is 0.615. The van der Waals surface area contributed by atoms with Gasteiger partial charge >= 0.3 is 0 Å². The molecule has 1 atom stereocenters. The van der Waals surface area contributed by atoms with Crippen molar-refractivity contribution in [1.82, 2.24) is 14.7 Å². The zero-order chi connectivity index (χ0) is 36.6. The number of carbonyl (C=O) groups is 3. The molecule has 2 aromatic carbocycles. The van der Waals surface area contributed by atoms with Gasteiger partial charge in [-0.05, 0) is 98.7 Å². The predicted octanol–water partition coefficient (Wildman–Crippen LogP) is 5.24. The number of nitrogens with zero attached hydrogens (tertiary/aromatic N) is 3. The Labute approximate surface area is 299 Å². The zero-order valence-corrected chi connectivity index (χ0v) is 31.2. The number of anilines is 1. The molecule has 5 rings (SSSR count). The lowest BCUT2D eigenvalue weighted by Gasteiger charge is -2.41. The van der Waals surface area contributed by atoms with E-state index in [-0.39, 0.29) is 24.2 Å². The molecule has 0 aliphatic carbocycles. The van der Waals surface area contributed by atoms with E-state index < -0.39 is 0 Å². The van der Waals surface area contributed by atoms with Crippen molar-refractivity contribution in [3.63, 3.8) is 0 Å². The summed E-state index contributed by atoms with van der Waals surface area (Å²) in [6.07, 6.45) is 6.45. The van der Waals surface area contributed by atoms with Gasteiger partial charge < -0.3 is 29.8 Å². The van der Waals surface area contributed by atoms with Crippen LogP contribution in [0.5, 0.6) is 11.5 Å². The van der Waals surface area contributed by atoms with Gasteiger partial charge in [0.05, 0.1) is 5.92 Å². The van der Waals surface area contributed by atoms with Crippen molar-refractivity contribution >= 4 is 23.9 Å². The van der Waals surface area contributed by atoms with Crippen LogP contribution in [0.15, 0.2) is 30.3 Å². The summed E-state index contributed by atoms with van der Waals surface area (Å²) in [5.74, 6) is 6.38. The van der Waals surface area contributed by atoms with Crippen molar-refractivity contribution in [2.24, 2.45) is 17.7 Å². The number of rotatable bonds is 10. The number of nitrogens with one attached hydrogen (secondary N) is 1. The summed E-state index contributed by atoms with van der Waals surface area (Å²) < 4.78 is 5.51. The fourth-order valence-electron chi connectivity index (χ4n) is 7.05. The Morgan fingerprint density at radius 3 is 2.16 bits per heavy atom. The monoisotopic (exact) mass is 695 g/mol. The molecule has 0 radical (unpaired) electrons. The maximum atomic E-state index is 13.8. The minimum absolute atomic E-state index is 0.0961. The summed E-state index contributed by atoms with van der Waals surface area (Å²) in [7, 11) is 0. The molecule has 0 saturated carbocycles. The first-order valence-corrected chi connectivity index (χ1v) is 18.5. The Morgan fingerprint density at radius 2 is 1.60 bits per heavy atom. The van der Waals surface area contributed by atoms with E-state index in [0.717, 1.165) is 113 Å². The van der Waals surface area contributed by atoms with E-state index in [1.54, 1.807) is 18.2 Å². The first-order chi connectivity index (χ1) is 24.1. The molecule has 11 heteroatoms. The van der Waals surface area contributed by atoms with Crippen LogP contribution in [-0.4, -0.2) is 96.6 Å². The Hall–Kier alpha value is -3.67. The predicted molar refractivity (Wildman–Crippen MR) is 198 cm³/mol. The van der Waals surface area contributed by atoms with E-state index in [4.69, 9.17) is 10.6 Å². The Kier molecular flexibility index (Phi) is 17.0. The van der Waals surface area contributed by atoms with Crippen molar-refractivity contribution < 1.29 is 29.1 Å². The van der Waals surface area contributed by atoms with E-state index in [0.29, 0.717) is 36.3 Å². The number of aromatic hydroxyl groups is 1. The Bertz CT molecular complexity index is 1340. The summed E-state index contributed by atoms with van der Waals surface area (Å²) in [5, 5.41) is 12.8. The van der Waals surface area contributed by atoms with Gasteiger partial charge in [-0.3, -0.25) is 19.3 Å². The van der Waals surface area contributed by atoms with Gasteiger partial charge in [-0.15, -0.1) is 0 Å². The molecular formula is C39H61N5O6. The number of phenols is 1. The van der Waals surface area contributed by atoms with Crippen molar-refractivity contribution in [3.05, 3.63) is 52.6 Å². The second kappa shape index (κ2) is 20.9. The van der Waals surface area contributed by atoms with E-state index in [1.807, 2.05) is 56.6 Å². The molecule has 4 N–H and O–H groups in total. The molecule has 3 heterocycles. The number of ether oxygens (including phenoxy) is 1. The lowest BCUT2D eigenvalue weighted by Crippen LogP contribution is -2.54. The van der Waals surface area contributed by atoms with E-state index in [9.17, 15) is 19.5 Å². The third-order valence-electron chi connectivity index (χ3n) is 10.1. The number of hydrogen-bond acceptors (Lipinski definition) is 8. The fourth-order valence-corrected chi connectivity index (χ4v) is 7.05. The summed E-state index contributed by atoms with van der Waals surface area (Å²) >= 11 is 0. The molecule has 3 amide bonds. The van der Waals surface area contributed by atoms with Crippen molar-refractivity contribution in [2.45, 2.75) is 92.5 Å². The average Bonchev–Trinajstić information content (AvgIpc) is 3.15. The molecule has 2 aromatic rings. The van der Waals surface area contributed by atoms with E-state index in [2.05, 4.69) is 22.0 Å². The van der Waals surface area contributed by atoms with Crippen LogP contribution in [0.4, 0.5) is 5.69 Å². The second-order valence-corrected chi connectivity index (χ2v) is 13.5. The minimum Gasteiger partial charge on any atom is -0.507 e. The molecule has 0 aromatic heterocycles. The smallest absolute Gasteiger partial charge is 0.226 e. The number of piperidine rings is 1. The van der Waals surface area contributed by atoms with Gasteiger partial charge in [0.25, 0.3) is 0 Å². The maximum absolute atomic E-state index is 13.8. The topological polar surface area (TPSA) is 138 Å². The average molecular weight is 696 g/mol. The molecule has 0 unspecified atom stereocenters. The number of piperazine rings is 1. The van der Waals surface area contributed by atoms with Gasteiger partial charge in [0, 0.05) is 70.6 Å². The molecule has 11 nitrogen and oxygen atoms in total. The highest BCUT2D eigenvalue weighted by Crippen LogP contribution is 2.27. The van der Waals surface area contributed by atoms with Gasteiger partial charge in [-0.1, -0.05) is 39.8 Å². The third-order valence-corrected chi connectivity index (χ3v) is 10.1. The maximum Gasteiger partial charge on any atom is 0.226 e. The van der Waals surface area contributed by atoms with E-state index in [1.165, 1.54) is 0 Å². The molecule has 0 spiro atoms. The molecule has 50 heavy (non-hydrogen) atoms. The van der Waals surface area contributed by atoms with E-state index >= 15 is 0 Å². The number of benzene rings is 2. The first kappa shape index (κ1) is 40.8. The van der Waals surface area contributed by atoms with Crippen LogP contribution >= 0.6 is 0 Å². The summed E-state index contributed by atoms with van der Waals surface area (Å²) in [4.78, 5) is 48.2. The number of phenolic OH excluding ortho intramolecular Hbond substituents is 1. The molecule has 0 bridgehead atoms. The van der Waals surface area contributed by atoms with Gasteiger partial charge in [0.1, 0.15) is 11.5 Å². The minimum atomic E-state index is -0.375. The summed E-state index contributed by atoms with van der Waals surface area (Å²) in [5.41, 5.74) is 4.42. The van der Waals surface area contributed by atoms with Crippen LogP contribution in [0, 0.1) is 25.7 Å². The SMILES string of the molecule is CC.CCc1cc(ON)ccc1NC=O.Cc1cc(C[C@@H](CC(=O)N2CCC(C)CC2)C(=O)N2CCN(C3CCOCC3)CC2)cc(C)c1O. The highest BCUT2D eigenvalue weighted by molar-refractivity contribution is 5.86. The molecule has 3 fully saturated rings. The third kappa shape index (κ3) is 11.7. The highest BCUT2D eigenvalue weighted by Gasteiger charge is 2.33. The Balaban J connectivity index is 0.000000378. The molecule has 3 aliphatic heterocycles. The van der Waals surface area contributed by atoms with Crippen molar-refractivity contribution in [2.75, 3.05) is 57.8 Å². The van der Waals surface area contributed by atoms with Crippen molar-refractivity contribution in [3.8, 4) is 11.5 Å². The molecule has 3 aliphatic rings. The largest absolute Gasteiger partial charge is 0.507 e. The quantitative estimate of drug-likeness (QED) is 0.227. The molecule has 278 valence electrons. The van der Waals surface area contributed by atoms with Crippen LogP contribution in [0.3, 0.4) is 0 Å². The number of likely N-dealkylation sites (tertiary alicyclic amines) is 1. The first-order valence-electron chi connectivity index (χ1n) is 18.5. The highest BCUT2D eigenvalue weighted by atomic mass is 16.6. The summed E-state index contributed by atoms with van der Waals surface area (Å²) in [6, 6.07) is 9.73. The Morgan fingerprint density at radius 1 is 0.980 bits per heavy atom. The van der Waals surface area contributed by atoms with Gasteiger partial charge in [0.15, 0.2) is 0 Å². The molecule has 3 saturated heterocycles. The second-order valence-electron chi connectivity index (χ2n) is 13.5. The van der Waals surface area contributed by atoms with Crippen LogP contribution in [0.2, 0.25) is 0 Å². The van der Waals surface area contributed by atoms with Crippen LogP contribution in [0.25, 0.3) is 0 Å². The van der Waals surface area contributed by atoms with Gasteiger partial charge in [-0.2, -0.15) is 5.90 Å². The lowest BCUT2D eigenvalue weighted by molar-refractivity contribution is -0.143. The van der Waals surface area contributed by atoms with Crippen LogP contribution in [-0.2, 0) is 32.0 Å². The van der Waals surface area contributed by atoms with Gasteiger partial charge in [-0.25, -0.2) is 0 Å². The van der Waals surface area contributed by atoms with Crippen LogP contribution < -0.4 is 16.1 Å². The van der Waals surface area contributed by atoms with Crippen molar-refractivity contribution in [1.29, 1.82) is 0 Å². The normalized spacial score (nSPS) is 17.8. The molecular weight excluding hydrogens is 634 g/mol. The van der Waals surface area contributed by atoms with Gasteiger partial charge in [0.2, 0.25) is 18.2 Å². The zero-order valence-electron chi connectivity index (χ0n) is 31.2.